The molecule has 1 aromatic carbocycles. The Morgan fingerprint density at radius 2 is 1.81 bits per heavy atom. The second-order valence-electron chi connectivity index (χ2n) is 6.41. The van der Waals surface area contributed by atoms with E-state index in [1.165, 1.54) is 22.7 Å². The van der Waals surface area contributed by atoms with E-state index < -0.39 is 0 Å². The molecule has 142 valence electrons. The molecule has 0 saturated carbocycles. The third kappa shape index (κ3) is 4.64. The molecule has 3 rings (SSSR count). The molecule has 2 aromatic rings. The molecule has 0 atom stereocenters. The van der Waals surface area contributed by atoms with E-state index in [0.29, 0.717) is 40.7 Å². The first-order chi connectivity index (χ1) is 13.0. The van der Waals surface area contributed by atoms with E-state index in [4.69, 9.17) is 4.74 Å². The topological polar surface area (TPSA) is 92.4 Å². The molecule has 2 heterocycles. The minimum atomic E-state index is -0.250. The van der Waals surface area contributed by atoms with Gasteiger partial charge in [0.1, 0.15) is 0 Å². The molecule has 0 radical (unpaired) electrons. The average Bonchev–Trinajstić information content (AvgIpc) is 2.88. The van der Waals surface area contributed by atoms with Crippen LogP contribution in [0.4, 0.5) is 0 Å². The molecule has 0 spiro atoms. The molecule has 7 nitrogen and oxygen atoms in total. The zero-order valence-electron chi connectivity index (χ0n) is 15.2. The summed E-state index contributed by atoms with van der Waals surface area (Å²) in [4.78, 5) is 44.7. The number of ether oxygens (including phenoxy) is 1. The van der Waals surface area contributed by atoms with E-state index in [9.17, 15) is 14.4 Å². The lowest BCUT2D eigenvalue weighted by molar-refractivity contribution is 0.0630. The van der Waals surface area contributed by atoms with Gasteiger partial charge >= 0.3 is 0 Å². The van der Waals surface area contributed by atoms with Crippen LogP contribution in [0.3, 0.4) is 0 Å². The normalized spacial score (nSPS) is 13.5. The van der Waals surface area contributed by atoms with E-state index in [0.717, 1.165) is 0 Å². The summed E-state index contributed by atoms with van der Waals surface area (Å²) in [6, 6.07) is 8.27. The second kappa shape index (κ2) is 8.49. The molecule has 0 saturated heterocycles. The first-order valence-electron chi connectivity index (χ1n) is 8.75. The summed E-state index contributed by atoms with van der Waals surface area (Å²) in [5.74, 6) is 0.116. The van der Waals surface area contributed by atoms with Gasteiger partial charge in [0.25, 0.3) is 17.4 Å². The summed E-state index contributed by atoms with van der Waals surface area (Å²) >= 11 is 1.38. The molecule has 2 amide bonds. The summed E-state index contributed by atoms with van der Waals surface area (Å²) in [7, 11) is 0. The van der Waals surface area contributed by atoms with Crippen LogP contribution in [0.15, 0.2) is 40.3 Å². The van der Waals surface area contributed by atoms with Crippen molar-refractivity contribution in [1.82, 2.24) is 14.9 Å². The van der Waals surface area contributed by atoms with Gasteiger partial charge in [-0.1, -0.05) is 23.9 Å². The molecule has 0 bridgehead atoms. The van der Waals surface area contributed by atoms with E-state index in [1.807, 2.05) is 13.8 Å². The highest BCUT2D eigenvalue weighted by Crippen LogP contribution is 2.23. The number of aromatic nitrogens is 2. The molecule has 0 fully saturated rings. The van der Waals surface area contributed by atoms with E-state index >= 15 is 0 Å². The standard InChI is InChI=1S/C19H21N3O4S/c1-12(2)26-11-13-10-16(23)21-19(20-13)27-9-5-8-22-17(24)14-6-3-4-7-15(14)18(22)25/h3-4,6-7,10,12H,5,8-9,11H2,1-2H3,(H,20,21,23). The third-order valence-corrected chi connectivity index (χ3v) is 4.94. The number of thioether (sulfide) groups is 1. The number of H-pyrrole nitrogens is 1. The van der Waals surface area contributed by atoms with Crippen molar-refractivity contribution in [1.29, 1.82) is 0 Å². The number of aromatic amines is 1. The number of hydrogen-bond donors (Lipinski definition) is 1. The van der Waals surface area contributed by atoms with Gasteiger partial charge in [-0.15, -0.1) is 0 Å². The Kier molecular flexibility index (Phi) is 6.08. The van der Waals surface area contributed by atoms with Gasteiger partial charge in [-0.05, 0) is 32.4 Å². The molecule has 0 unspecified atom stereocenters. The van der Waals surface area contributed by atoms with Crippen LogP contribution in [0.1, 0.15) is 46.7 Å². The van der Waals surface area contributed by atoms with Crippen LogP contribution in [0, 0.1) is 0 Å². The van der Waals surface area contributed by atoms with Gasteiger partial charge in [0.05, 0.1) is 29.5 Å². The van der Waals surface area contributed by atoms with Gasteiger partial charge in [0.2, 0.25) is 0 Å². The highest BCUT2D eigenvalue weighted by molar-refractivity contribution is 7.99. The Hall–Kier alpha value is -2.45. The maximum atomic E-state index is 12.3. The van der Waals surface area contributed by atoms with Crippen molar-refractivity contribution in [2.45, 2.75) is 38.1 Å². The molecule has 27 heavy (non-hydrogen) atoms. The number of nitrogens with zero attached hydrogens (tertiary/aromatic N) is 2. The Morgan fingerprint density at radius 1 is 1.15 bits per heavy atom. The number of carbonyl (C=O) groups is 2. The number of hydrogen-bond acceptors (Lipinski definition) is 6. The lowest BCUT2D eigenvalue weighted by atomic mass is 10.1. The fourth-order valence-corrected chi connectivity index (χ4v) is 3.53. The van der Waals surface area contributed by atoms with Crippen LogP contribution >= 0.6 is 11.8 Å². The highest BCUT2D eigenvalue weighted by atomic mass is 32.2. The summed E-state index contributed by atoms with van der Waals surface area (Å²) in [5, 5.41) is 0.507. The number of amides is 2. The van der Waals surface area contributed by atoms with Crippen molar-refractivity contribution >= 4 is 23.6 Å². The molecule has 1 aromatic heterocycles. The number of fused-ring (bicyclic) bond motifs is 1. The number of rotatable bonds is 8. The van der Waals surface area contributed by atoms with Crippen molar-refractivity contribution in [3.8, 4) is 0 Å². The molecular formula is C19H21N3O4S. The van der Waals surface area contributed by atoms with Crippen molar-refractivity contribution in [2.75, 3.05) is 12.3 Å². The SMILES string of the molecule is CC(C)OCc1cc(=O)[nH]c(SCCCN2C(=O)c3ccccc3C2=O)n1. The number of carbonyl (C=O) groups excluding carboxylic acids is 2. The third-order valence-electron chi connectivity index (χ3n) is 3.98. The second-order valence-corrected chi connectivity index (χ2v) is 7.49. The van der Waals surface area contributed by atoms with Crippen molar-refractivity contribution in [3.05, 3.63) is 57.5 Å². The minimum absolute atomic E-state index is 0.0573. The predicted octanol–water partition coefficient (Wildman–Crippen LogP) is 2.47. The largest absolute Gasteiger partial charge is 0.373 e. The first-order valence-corrected chi connectivity index (χ1v) is 9.74. The minimum Gasteiger partial charge on any atom is -0.373 e. The zero-order chi connectivity index (χ0) is 19.4. The molecule has 1 aliphatic rings. The lowest BCUT2D eigenvalue weighted by Crippen LogP contribution is -2.31. The molecule has 0 aliphatic carbocycles. The van der Waals surface area contributed by atoms with Crippen molar-refractivity contribution in [2.24, 2.45) is 0 Å². The van der Waals surface area contributed by atoms with E-state index in [1.54, 1.807) is 24.3 Å². The molecule has 8 heteroatoms. The van der Waals surface area contributed by atoms with Gasteiger partial charge in [-0.2, -0.15) is 0 Å². The summed E-state index contributed by atoms with van der Waals surface area (Å²) in [6.45, 7) is 4.45. The van der Waals surface area contributed by atoms with Crippen LogP contribution in [0.25, 0.3) is 0 Å². The summed E-state index contributed by atoms with van der Waals surface area (Å²) in [5.41, 5.74) is 1.27. The maximum Gasteiger partial charge on any atom is 0.261 e. The van der Waals surface area contributed by atoms with Gasteiger partial charge < -0.3 is 9.72 Å². The zero-order valence-corrected chi connectivity index (χ0v) is 16.0. The number of benzene rings is 1. The van der Waals surface area contributed by atoms with Gasteiger partial charge in [0.15, 0.2) is 5.16 Å². The Bertz CT molecular complexity index is 875. The van der Waals surface area contributed by atoms with Crippen LogP contribution in [0.2, 0.25) is 0 Å². The highest BCUT2D eigenvalue weighted by Gasteiger charge is 2.34. The van der Waals surface area contributed by atoms with Crippen LogP contribution in [0.5, 0.6) is 0 Å². The van der Waals surface area contributed by atoms with Crippen molar-refractivity contribution in [3.63, 3.8) is 0 Å². The predicted molar refractivity (Wildman–Crippen MR) is 102 cm³/mol. The van der Waals surface area contributed by atoms with Crippen molar-refractivity contribution < 1.29 is 14.3 Å². The van der Waals surface area contributed by atoms with Crippen LogP contribution in [-0.2, 0) is 11.3 Å². The summed E-state index contributed by atoms with van der Waals surface area (Å²) in [6.07, 6.45) is 0.661. The quantitative estimate of drug-likeness (QED) is 0.324. The Balaban J connectivity index is 1.53. The molecular weight excluding hydrogens is 366 g/mol. The fourth-order valence-electron chi connectivity index (χ4n) is 2.71. The average molecular weight is 387 g/mol. The summed E-state index contributed by atoms with van der Waals surface area (Å²) < 4.78 is 5.48. The monoisotopic (exact) mass is 387 g/mol. The van der Waals surface area contributed by atoms with Crippen LogP contribution < -0.4 is 5.56 Å². The molecule has 1 N–H and O–H groups in total. The van der Waals surface area contributed by atoms with Crippen LogP contribution in [-0.4, -0.2) is 45.1 Å². The fraction of sp³-hybridized carbons (Fsp3) is 0.368. The van der Waals surface area contributed by atoms with Gasteiger partial charge in [0, 0.05) is 18.4 Å². The Morgan fingerprint density at radius 3 is 2.44 bits per heavy atom. The lowest BCUT2D eigenvalue weighted by Gasteiger charge is -2.13. The Labute approximate surface area is 161 Å². The number of imide groups is 1. The maximum absolute atomic E-state index is 12.3. The number of nitrogens with one attached hydrogen (secondary N) is 1. The first kappa shape index (κ1) is 19.3. The smallest absolute Gasteiger partial charge is 0.261 e. The van der Waals surface area contributed by atoms with Gasteiger partial charge in [-0.3, -0.25) is 19.3 Å². The van der Waals surface area contributed by atoms with E-state index in [2.05, 4.69) is 9.97 Å². The molecule has 1 aliphatic heterocycles. The van der Waals surface area contributed by atoms with E-state index in [-0.39, 0.29) is 30.1 Å². The van der Waals surface area contributed by atoms with Gasteiger partial charge in [-0.25, -0.2) is 4.98 Å².